The zero-order chi connectivity index (χ0) is 12.9. The van der Waals surface area contributed by atoms with Gasteiger partial charge in [-0.15, -0.1) is 6.58 Å². The second kappa shape index (κ2) is 6.17. The van der Waals surface area contributed by atoms with Gasteiger partial charge >= 0.3 is 0 Å². The summed E-state index contributed by atoms with van der Waals surface area (Å²) in [4.78, 5) is 0. The molecular formula is C15H24OSi. The van der Waals surface area contributed by atoms with E-state index in [2.05, 4.69) is 38.4 Å². The normalized spacial score (nSPS) is 15.3. The summed E-state index contributed by atoms with van der Waals surface area (Å²) in [5.74, 6) is 0. The Morgan fingerprint density at radius 2 is 1.82 bits per heavy atom. The smallest absolute Gasteiger partial charge is 0.0583 e. The fraction of sp³-hybridized carbons (Fsp3) is 0.467. The maximum atomic E-state index is 10.1. The minimum absolute atomic E-state index is 0.257. The van der Waals surface area contributed by atoms with Crippen LogP contribution >= 0.6 is 0 Å². The Morgan fingerprint density at radius 3 is 2.29 bits per heavy atom. The van der Waals surface area contributed by atoms with Crippen LogP contribution < -0.4 is 0 Å². The van der Waals surface area contributed by atoms with Crippen LogP contribution in [0.15, 0.2) is 43.0 Å². The summed E-state index contributed by atoms with van der Waals surface area (Å²) in [5.41, 5.74) is 1.69. The molecule has 2 heteroatoms. The van der Waals surface area contributed by atoms with Crippen molar-refractivity contribution in [1.29, 1.82) is 0 Å². The highest BCUT2D eigenvalue weighted by Gasteiger charge is 2.26. The second-order valence-electron chi connectivity index (χ2n) is 5.79. The van der Waals surface area contributed by atoms with Gasteiger partial charge in [-0.2, -0.15) is 0 Å². The predicted molar refractivity (Wildman–Crippen MR) is 78.1 cm³/mol. The Balaban J connectivity index is 2.54. The zero-order valence-corrected chi connectivity index (χ0v) is 12.2. The quantitative estimate of drug-likeness (QED) is 0.598. The van der Waals surface area contributed by atoms with Crippen molar-refractivity contribution in [3.63, 3.8) is 0 Å². The van der Waals surface area contributed by atoms with Gasteiger partial charge in [0.05, 0.1) is 14.2 Å². The lowest BCUT2D eigenvalue weighted by atomic mass is 10.0. The molecule has 17 heavy (non-hydrogen) atoms. The minimum atomic E-state index is -1.24. The molecule has 0 radical (unpaired) electrons. The molecule has 0 spiro atoms. The third kappa shape index (κ3) is 4.88. The molecule has 1 aromatic rings. The zero-order valence-electron chi connectivity index (χ0n) is 11.2. The highest BCUT2D eigenvalue weighted by molar-refractivity contribution is 6.78. The van der Waals surface area contributed by atoms with Gasteiger partial charge in [-0.05, 0) is 23.9 Å². The van der Waals surface area contributed by atoms with Crippen molar-refractivity contribution in [3.8, 4) is 0 Å². The number of hydrogen-bond acceptors (Lipinski definition) is 1. The van der Waals surface area contributed by atoms with Crippen LogP contribution in [0, 0.1) is 0 Å². The maximum absolute atomic E-state index is 10.1. The van der Waals surface area contributed by atoms with E-state index >= 15 is 0 Å². The largest absolute Gasteiger partial charge is 0.393 e. The molecule has 0 saturated carbocycles. The van der Waals surface area contributed by atoms with E-state index in [9.17, 15) is 5.11 Å². The average Bonchev–Trinajstić information content (AvgIpc) is 2.25. The van der Waals surface area contributed by atoms with Crippen molar-refractivity contribution in [2.24, 2.45) is 0 Å². The topological polar surface area (TPSA) is 20.2 Å². The van der Waals surface area contributed by atoms with E-state index in [0.29, 0.717) is 5.54 Å². The van der Waals surface area contributed by atoms with Gasteiger partial charge in [-0.3, -0.25) is 0 Å². The average molecular weight is 248 g/mol. The Hall–Kier alpha value is -0.863. The number of allylic oxidation sites excluding steroid dienone is 1. The molecule has 1 nitrogen and oxygen atoms in total. The van der Waals surface area contributed by atoms with Crippen LogP contribution in [0.5, 0.6) is 0 Å². The summed E-state index contributed by atoms with van der Waals surface area (Å²) in [6, 6.07) is 10.2. The number of benzene rings is 1. The fourth-order valence-electron chi connectivity index (χ4n) is 2.07. The first-order valence-electron chi connectivity index (χ1n) is 6.28. The van der Waals surface area contributed by atoms with Crippen molar-refractivity contribution < 1.29 is 5.11 Å². The van der Waals surface area contributed by atoms with Gasteiger partial charge in [0.15, 0.2) is 0 Å². The van der Waals surface area contributed by atoms with Gasteiger partial charge in [-0.25, -0.2) is 0 Å². The monoisotopic (exact) mass is 248 g/mol. The number of rotatable bonds is 6. The van der Waals surface area contributed by atoms with Crippen molar-refractivity contribution in [3.05, 3.63) is 48.6 Å². The fourth-order valence-corrected chi connectivity index (χ4v) is 3.75. The van der Waals surface area contributed by atoms with Gasteiger partial charge in [0.25, 0.3) is 0 Å². The van der Waals surface area contributed by atoms with Crippen molar-refractivity contribution >= 4 is 8.07 Å². The van der Waals surface area contributed by atoms with E-state index in [1.807, 2.05) is 24.3 Å². The van der Waals surface area contributed by atoms with Crippen molar-refractivity contribution in [2.45, 2.75) is 44.1 Å². The van der Waals surface area contributed by atoms with E-state index in [1.54, 1.807) is 0 Å². The van der Waals surface area contributed by atoms with Crippen LogP contribution in [0.2, 0.25) is 25.2 Å². The summed E-state index contributed by atoms with van der Waals surface area (Å²) in [7, 11) is -1.24. The minimum Gasteiger partial charge on any atom is -0.393 e. The molecule has 0 heterocycles. The van der Waals surface area contributed by atoms with Gasteiger partial charge < -0.3 is 5.11 Å². The van der Waals surface area contributed by atoms with Crippen LogP contribution in [-0.4, -0.2) is 19.3 Å². The first-order chi connectivity index (χ1) is 7.93. The van der Waals surface area contributed by atoms with Crippen LogP contribution in [0.25, 0.3) is 0 Å². The molecular weight excluding hydrogens is 224 g/mol. The van der Waals surface area contributed by atoms with E-state index in [-0.39, 0.29) is 6.10 Å². The summed E-state index contributed by atoms with van der Waals surface area (Å²) in [5, 5.41) is 10.1. The molecule has 0 bridgehead atoms. The number of aliphatic hydroxyl groups excluding tert-OH is 1. The highest BCUT2D eigenvalue weighted by atomic mass is 28.3. The molecule has 0 fully saturated rings. The molecule has 1 N–H and O–H groups in total. The Kier molecular flexibility index (Phi) is 5.16. The molecule has 1 rings (SSSR count). The Labute approximate surface area is 106 Å². The number of hydrogen-bond donors (Lipinski definition) is 1. The molecule has 0 aliphatic rings. The molecule has 0 saturated heterocycles. The lowest BCUT2D eigenvalue weighted by Gasteiger charge is -2.28. The molecule has 0 aromatic heterocycles. The van der Waals surface area contributed by atoms with Gasteiger partial charge in [0.2, 0.25) is 0 Å². The lowest BCUT2D eigenvalue weighted by molar-refractivity contribution is 0.165. The Bertz CT molecular complexity index is 340. The lowest BCUT2D eigenvalue weighted by Crippen LogP contribution is -2.30. The van der Waals surface area contributed by atoms with Gasteiger partial charge in [-0.1, -0.05) is 56.0 Å². The van der Waals surface area contributed by atoms with Crippen LogP contribution in [0.3, 0.4) is 0 Å². The molecule has 0 aliphatic carbocycles. The molecule has 94 valence electrons. The maximum Gasteiger partial charge on any atom is 0.0583 e. The van der Waals surface area contributed by atoms with Gasteiger partial charge in [0.1, 0.15) is 0 Å². The summed E-state index contributed by atoms with van der Waals surface area (Å²) < 4.78 is 0. The van der Waals surface area contributed by atoms with Crippen LogP contribution in [0.4, 0.5) is 0 Å². The van der Waals surface area contributed by atoms with Gasteiger partial charge in [0, 0.05) is 0 Å². The molecule has 2 unspecified atom stereocenters. The molecule has 1 aromatic carbocycles. The van der Waals surface area contributed by atoms with E-state index in [1.165, 1.54) is 5.56 Å². The molecule has 0 amide bonds. The van der Waals surface area contributed by atoms with E-state index < -0.39 is 8.07 Å². The summed E-state index contributed by atoms with van der Waals surface area (Å²) in [6.07, 6.45) is 3.36. The molecule has 2 atom stereocenters. The SMILES string of the molecule is C=CC(CC(O)Cc1ccccc1)[Si](C)(C)C. The molecule has 0 aliphatic heterocycles. The van der Waals surface area contributed by atoms with Crippen molar-refractivity contribution in [2.75, 3.05) is 0 Å². The second-order valence-corrected chi connectivity index (χ2v) is 11.3. The number of aliphatic hydroxyl groups is 1. The third-order valence-electron chi connectivity index (χ3n) is 3.24. The highest BCUT2D eigenvalue weighted by Crippen LogP contribution is 2.28. The summed E-state index contributed by atoms with van der Waals surface area (Å²) in [6.45, 7) is 10.9. The van der Waals surface area contributed by atoms with Crippen molar-refractivity contribution in [1.82, 2.24) is 0 Å². The predicted octanol–water partition coefficient (Wildman–Crippen LogP) is 3.87. The third-order valence-corrected chi connectivity index (χ3v) is 5.93. The standard InChI is InChI=1S/C15H24OSi/c1-5-15(17(2,3)4)12-14(16)11-13-9-7-6-8-10-13/h5-10,14-16H,1,11-12H2,2-4H3. The van der Waals surface area contributed by atoms with E-state index in [0.717, 1.165) is 12.8 Å². The summed E-state index contributed by atoms with van der Waals surface area (Å²) >= 11 is 0. The Morgan fingerprint density at radius 1 is 1.24 bits per heavy atom. The van der Waals surface area contributed by atoms with Crippen LogP contribution in [0.1, 0.15) is 12.0 Å². The first-order valence-corrected chi connectivity index (χ1v) is 9.85. The van der Waals surface area contributed by atoms with E-state index in [4.69, 9.17) is 0 Å². The first kappa shape index (κ1) is 14.2. The van der Waals surface area contributed by atoms with Crippen LogP contribution in [-0.2, 0) is 6.42 Å².